The van der Waals surface area contributed by atoms with Crippen LogP contribution in [-0.4, -0.2) is 71.8 Å². The Morgan fingerprint density at radius 1 is 1.03 bits per heavy atom. The molecule has 1 atom stereocenters. The van der Waals surface area contributed by atoms with Gasteiger partial charge in [-0.1, -0.05) is 20.8 Å². The highest BCUT2D eigenvalue weighted by Crippen LogP contribution is 2.23. The summed E-state index contributed by atoms with van der Waals surface area (Å²) in [5, 5.41) is 5.85. The second-order valence-electron chi connectivity index (χ2n) is 8.88. The van der Waals surface area contributed by atoms with Crippen molar-refractivity contribution >= 4 is 29.6 Å². The van der Waals surface area contributed by atoms with E-state index in [1.807, 2.05) is 0 Å². The molecule has 2 N–H and O–H groups in total. The van der Waals surface area contributed by atoms with Gasteiger partial charge < -0.3 is 15.5 Å². The first-order valence-electron chi connectivity index (χ1n) is 10.4. The van der Waals surface area contributed by atoms with Crippen molar-refractivity contribution in [2.24, 2.45) is 5.41 Å². The molecule has 4 amide bonds. The van der Waals surface area contributed by atoms with E-state index in [9.17, 15) is 24.0 Å². The Balaban J connectivity index is 1.60. The topological polar surface area (TPSA) is 125 Å². The van der Waals surface area contributed by atoms with Crippen molar-refractivity contribution in [1.82, 2.24) is 20.6 Å². The highest BCUT2D eigenvalue weighted by molar-refractivity contribution is 6.01. The number of rotatable bonds is 9. The van der Waals surface area contributed by atoms with Crippen LogP contribution in [0.3, 0.4) is 0 Å². The van der Waals surface area contributed by atoms with Gasteiger partial charge in [-0.3, -0.25) is 24.1 Å². The molecule has 168 valence electrons. The van der Waals surface area contributed by atoms with Gasteiger partial charge in [0, 0.05) is 38.9 Å². The van der Waals surface area contributed by atoms with Crippen LogP contribution in [0, 0.1) is 5.41 Å². The second kappa shape index (κ2) is 10.5. The lowest BCUT2D eigenvalue weighted by atomic mass is 10.4. The van der Waals surface area contributed by atoms with E-state index >= 15 is 0 Å². The fourth-order valence-corrected chi connectivity index (χ4v) is 3.54. The van der Waals surface area contributed by atoms with Crippen molar-refractivity contribution in [2.75, 3.05) is 26.2 Å². The van der Waals surface area contributed by atoms with Crippen molar-refractivity contribution in [3.8, 4) is 0 Å². The van der Waals surface area contributed by atoms with Crippen LogP contribution in [-0.2, 0) is 28.8 Å². The van der Waals surface area contributed by atoms with E-state index in [2.05, 4.69) is 36.3 Å². The summed E-state index contributed by atoms with van der Waals surface area (Å²) >= 11 is 0. The molecular formula is C20H32N4O6. The molecule has 0 radical (unpaired) electrons. The van der Waals surface area contributed by atoms with Gasteiger partial charge in [-0.25, -0.2) is 4.79 Å². The van der Waals surface area contributed by atoms with Crippen molar-refractivity contribution in [2.45, 2.75) is 65.3 Å². The fourth-order valence-electron chi connectivity index (χ4n) is 3.54. The summed E-state index contributed by atoms with van der Waals surface area (Å²) in [7, 11) is 0. The zero-order valence-corrected chi connectivity index (χ0v) is 18.0. The van der Waals surface area contributed by atoms with E-state index in [0.29, 0.717) is 5.06 Å². The van der Waals surface area contributed by atoms with Gasteiger partial charge in [0.15, 0.2) is 0 Å². The number of nitrogens with zero attached hydrogens (tertiary/aromatic N) is 2. The minimum absolute atomic E-state index is 0.0177. The molecule has 0 aromatic heterocycles. The second-order valence-corrected chi connectivity index (χ2v) is 8.88. The lowest BCUT2D eigenvalue weighted by Gasteiger charge is -2.30. The SMILES string of the molecule is C[13C](C)(C)[13CH2][15N]1CCC[13CH]1C(=O)N[13CH2][13CH2][13C](=O)[15NH]CC[13C](=O)ON1C(=O)CCC1=O. The molecule has 0 bridgehead atoms. The van der Waals surface area contributed by atoms with Crippen LogP contribution in [0.4, 0.5) is 0 Å². The molecule has 30 heavy (non-hydrogen) atoms. The Morgan fingerprint density at radius 2 is 1.67 bits per heavy atom. The Morgan fingerprint density at radius 3 is 2.30 bits per heavy atom. The molecule has 10 nitrogen and oxygen atoms in total. The fraction of sp³-hybridized carbons (Fsp3) is 0.750. The maximum Gasteiger partial charge on any atom is 0.334 e. The van der Waals surface area contributed by atoms with E-state index in [1.54, 1.807) is 0 Å². The van der Waals surface area contributed by atoms with Crippen LogP contribution in [0.15, 0.2) is 0 Å². The van der Waals surface area contributed by atoms with Crippen LogP contribution in [0.1, 0.15) is 59.3 Å². The maximum absolute atomic E-state index is 12.4. The number of carbonyl (C=O) groups excluding carboxylic acids is 5. The molecule has 2 rings (SSSR count). The third-order valence-corrected chi connectivity index (χ3v) is 4.85. The van der Waals surface area contributed by atoms with E-state index in [-0.39, 0.29) is 62.0 Å². The van der Waals surface area contributed by atoms with Crippen molar-refractivity contribution in [3.05, 3.63) is 0 Å². The van der Waals surface area contributed by atoms with E-state index in [0.717, 1.165) is 25.9 Å². The summed E-state index contributed by atoms with van der Waals surface area (Å²) < 4.78 is 0. The van der Waals surface area contributed by atoms with Gasteiger partial charge >= 0.3 is 5.97 Å². The molecule has 2 fully saturated rings. The number of nitrogens with one attached hydrogen (secondary N) is 2. The van der Waals surface area contributed by atoms with Crippen molar-refractivity contribution < 1.29 is 28.8 Å². The van der Waals surface area contributed by atoms with Crippen LogP contribution < -0.4 is 10.6 Å². The average Bonchev–Trinajstić information content (AvgIpc) is 3.21. The normalized spacial score (nSPS) is 19.8. The minimum atomic E-state index is -0.771. The highest BCUT2D eigenvalue weighted by Gasteiger charge is 2.33. The predicted octanol–water partition coefficient (Wildman–Crippen LogP) is 0.117. The Hall–Kier alpha value is -2.49. The summed E-state index contributed by atoms with van der Waals surface area (Å²) in [6.07, 6.45) is 1.79. The van der Waals surface area contributed by atoms with Gasteiger partial charge in [-0.15, -0.1) is 5.06 Å². The molecule has 2 heterocycles. The number of hydrogen-bond donors (Lipinski definition) is 2. The van der Waals surface area contributed by atoms with Crippen molar-refractivity contribution in [3.63, 3.8) is 0 Å². The molecule has 0 spiro atoms. The molecule has 2 saturated heterocycles. The van der Waals surface area contributed by atoms with Gasteiger partial charge in [0.1, 0.15) is 0 Å². The number of amides is 4. The summed E-state index contributed by atoms with van der Waals surface area (Å²) in [4.78, 5) is 65.7. The Labute approximate surface area is 176 Å². The zero-order chi connectivity index (χ0) is 22.3. The lowest BCUT2D eigenvalue weighted by Crippen LogP contribution is -2.46. The minimum Gasteiger partial charge on any atom is -0.355 e. The molecule has 0 aromatic rings. The molecular weight excluding hydrogens is 401 g/mol. The van der Waals surface area contributed by atoms with E-state index < -0.39 is 17.8 Å². The molecule has 10 heteroatoms. The first kappa shape index (κ1) is 23.8. The van der Waals surface area contributed by atoms with Crippen LogP contribution in [0.25, 0.3) is 0 Å². The molecule has 1 unspecified atom stereocenters. The smallest absolute Gasteiger partial charge is 0.334 e. The first-order chi connectivity index (χ1) is 14.1. The number of imide groups is 1. The molecule has 0 saturated carbocycles. The molecule has 0 aromatic carbocycles. The quantitative estimate of drug-likeness (QED) is 0.301. The van der Waals surface area contributed by atoms with Gasteiger partial charge in [0.05, 0.1) is 12.5 Å². The van der Waals surface area contributed by atoms with Crippen LogP contribution in [0.2, 0.25) is 0 Å². The van der Waals surface area contributed by atoms with Gasteiger partial charge in [-0.05, 0) is 24.8 Å². The number of hydroxylamine groups is 2. The van der Waals surface area contributed by atoms with Crippen molar-refractivity contribution in [1.29, 1.82) is 0 Å². The average molecular weight is 433 g/mol. The Bertz CT molecular complexity index is 671. The molecule has 2 aliphatic rings. The van der Waals surface area contributed by atoms with Gasteiger partial charge in [0.2, 0.25) is 11.8 Å². The summed E-state index contributed by atoms with van der Waals surface area (Å²) in [6, 6.07) is -0.155. The lowest BCUT2D eigenvalue weighted by molar-refractivity contribution is -0.197. The van der Waals surface area contributed by atoms with Gasteiger partial charge in [0.25, 0.3) is 11.8 Å². The van der Waals surface area contributed by atoms with Crippen LogP contribution in [0.5, 0.6) is 0 Å². The maximum atomic E-state index is 12.4. The number of hydrogen-bond acceptors (Lipinski definition) is 7. The largest absolute Gasteiger partial charge is 0.355 e. The monoisotopic (exact) mass is 433 g/mol. The number of carbonyl (C=O) groups is 5. The third kappa shape index (κ3) is 7.40. The van der Waals surface area contributed by atoms with Crippen LogP contribution >= 0.6 is 0 Å². The standard InChI is InChI=1S/C20H32N4O6/c1-20(2,3)13-23-12-4-5-14(23)19(29)22-10-8-15(25)21-11-9-18(28)30-24-16(26)6-7-17(24)27/h14H,4-13H2,1-3H3,(H,21,25)(H,22,29)/i8+1,10+1,13+1,14+1,15+1,18+1,20+1,21+1,23+1. The molecule has 0 aliphatic carbocycles. The molecule has 2 aliphatic heterocycles. The predicted molar refractivity (Wildman–Crippen MR) is 106 cm³/mol. The number of likely N-dealkylation sites (tertiary alicyclic amines) is 1. The Kier molecular flexibility index (Phi) is 8.33. The highest BCUT2D eigenvalue weighted by atomic mass is 16.8. The van der Waals surface area contributed by atoms with Gasteiger partial charge in [-0.2, -0.15) is 0 Å². The summed E-state index contributed by atoms with van der Waals surface area (Å²) in [5.74, 6) is -2.23. The zero-order valence-electron chi connectivity index (χ0n) is 18.0. The van der Waals surface area contributed by atoms with E-state index in [4.69, 9.17) is 4.84 Å². The third-order valence-electron chi connectivity index (χ3n) is 4.85. The van der Waals surface area contributed by atoms with E-state index in [1.165, 1.54) is 0 Å². The first-order valence-corrected chi connectivity index (χ1v) is 10.4. The summed E-state index contributed by atoms with van der Waals surface area (Å²) in [6.45, 7) is 8.40. The summed E-state index contributed by atoms with van der Waals surface area (Å²) in [5.41, 5.74) is 0.110.